The number of hydrogen-bond acceptors (Lipinski definition) is 1. The first-order chi connectivity index (χ1) is 5.58. The second-order valence-electron chi connectivity index (χ2n) is 3.37. The average molecular weight is 226 g/mol. The SMILES string of the molecule is Bc1cc(Br)cc(CN(C)C)c1. The third kappa shape index (κ3) is 2.99. The van der Waals surface area contributed by atoms with Gasteiger partial charge in [0.2, 0.25) is 0 Å². The summed E-state index contributed by atoms with van der Waals surface area (Å²) < 4.78 is 1.17. The van der Waals surface area contributed by atoms with Gasteiger partial charge in [-0.15, -0.1) is 0 Å². The average Bonchev–Trinajstić information content (AvgIpc) is 1.81. The second-order valence-corrected chi connectivity index (χ2v) is 4.29. The lowest BCUT2D eigenvalue weighted by Gasteiger charge is -2.10. The second kappa shape index (κ2) is 4.10. The van der Waals surface area contributed by atoms with Crippen LogP contribution >= 0.6 is 15.9 Å². The highest BCUT2D eigenvalue weighted by molar-refractivity contribution is 9.10. The van der Waals surface area contributed by atoms with Gasteiger partial charge in [0.1, 0.15) is 7.85 Å². The molecular weight excluding hydrogens is 213 g/mol. The molecule has 0 amide bonds. The zero-order valence-electron chi connectivity index (χ0n) is 7.76. The zero-order chi connectivity index (χ0) is 9.14. The minimum absolute atomic E-state index is 1.00. The predicted octanol–water partition coefficient (Wildman–Crippen LogP) is 0.769. The molecule has 0 heterocycles. The van der Waals surface area contributed by atoms with Crippen molar-refractivity contribution in [1.29, 1.82) is 0 Å². The van der Waals surface area contributed by atoms with E-state index in [4.69, 9.17) is 0 Å². The molecule has 0 N–H and O–H groups in total. The van der Waals surface area contributed by atoms with Crippen LogP contribution in [0.1, 0.15) is 5.56 Å². The van der Waals surface area contributed by atoms with Gasteiger partial charge in [-0.2, -0.15) is 0 Å². The molecule has 0 radical (unpaired) electrons. The molecule has 1 aromatic rings. The van der Waals surface area contributed by atoms with Crippen molar-refractivity contribution in [2.45, 2.75) is 6.54 Å². The molecule has 0 saturated heterocycles. The fourth-order valence-corrected chi connectivity index (χ4v) is 1.92. The maximum Gasteiger partial charge on any atom is 0.139 e. The van der Waals surface area contributed by atoms with Gasteiger partial charge in [0, 0.05) is 11.0 Å². The van der Waals surface area contributed by atoms with Crippen LogP contribution in [0.15, 0.2) is 22.7 Å². The summed E-state index contributed by atoms with van der Waals surface area (Å²) in [6.45, 7) is 1.00. The van der Waals surface area contributed by atoms with Crippen LogP contribution in [0.4, 0.5) is 0 Å². The Morgan fingerprint density at radius 1 is 1.33 bits per heavy atom. The topological polar surface area (TPSA) is 3.24 Å². The van der Waals surface area contributed by atoms with Gasteiger partial charge in [0.05, 0.1) is 0 Å². The first-order valence-electron chi connectivity index (χ1n) is 3.99. The van der Waals surface area contributed by atoms with Crippen LogP contribution in [0.25, 0.3) is 0 Å². The lowest BCUT2D eigenvalue weighted by atomic mass is 9.94. The molecule has 1 aromatic carbocycles. The fraction of sp³-hybridized carbons (Fsp3) is 0.333. The smallest absolute Gasteiger partial charge is 0.139 e. The van der Waals surface area contributed by atoms with Crippen LogP contribution in [-0.2, 0) is 6.54 Å². The van der Waals surface area contributed by atoms with E-state index in [1.165, 1.54) is 15.5 Å². The molecule has 1 nitrogen and oxygen atoms in total. The number of nitrogens with zero attached hydrogens (tertiary/aromatic N) is 1. The van der Waals surface area contributed by atoms with E-state index < -0.39 is 0 Å². The highest BCUT2D eigenvalue weighted by Gasteiger charge is 1.97. The van der Waals surface area contributed by atoms with Crippen LogP contribution in [0.2, 0.25) is 0 Å². The Morgan fingerprint density at radius 3 is 2.50 bits per heavy atom. The van der Waals surface area contributed by atoms with E-state index in [2.05, 4.69) is 61.0 Å². The van der Waals surface area contributed by atoms with Gasteiger partial charge in [0.15, 0.2) is 0 Å². The first-order valence-corrected chi connectivity index (χ1v) is 4.78. The number of halogens is 1. The molecule has 1 rings (SSSR count). The van der Waals surface area contributed by atoms with Gasteiger partial charge in [-0.1, -0.05) is 33.5 Å². The van der Waals surface area contributed by atoms with Gasteiger partial charge >= 0.3 is 0 Å². The largest absolute Gasteiger partial charge is 0.305 e. The Hall–Kier alpha value is -0.275. The molecule has 12 heavy (non-hydrogen) atoms. The van der Waals surface area contributed by atoms with E-state index in [-0.39, 0.29) is 0 Å². The summed E-state index contributed by atoms with van der Waals surface area (Å²) in [6, 6.07) is 6.50. The molecule has 0 atom stereocenters. The molecule has 0 spiro atoms. The highest BCUT2D eigenvalue weighted by Crippen LogP contribution is 2.10. The molecule has 64 valence electrons. The van der Waals surface area contributed by atoms with Crippen LogP contribution in [0.5, 0.6) is 0 Å². The molecule has 3 heteroatoms. The molecular formula is C9H13BBrN. The van der Waals surface area contributed by atoms with E-state index in [1.54, 1.807) is 0 Å². The van der Waals surface area contributed by atoms with E-state index >= 15 is 0 Å². The van der Waals surface area contributed by atoms with Crippen LogP contribution < -0.4 is 5.46 Å². The van der Waals surface area contributed by atoms with Gasteiger partial charge in [-0.05, 0) is 25.7 Å². The van der Waals surface area contributed by atoms with Gasteiger partial charge in [-0.3, -0.25) is 0 Å². The van der Waals surface area contributed by atoms with Crippen molar-refractivity contribution < 1.29 is 0 Å². The Balaban J connectivity index is 2.85. The van der Waals surface area contributed by atoms with Gasteiger partial charge in [-0.25, -0.2) is 0 Å². The normalized spacial score (nSPS) is 10.7. The van der Waals surface area contributed by atoms with Crippen LogP contribution in [0.3, 0.4) is 0 Å². The summed E-state index contributed by atoms with van der Waals surface area (Å²) in [5.41, 5.74) is 2.66. The Labute approximate surface area is 83.3 Å². The summed E-state index contributed by atoms with van der Waals surface area (Å²) >= 11 is 3.48. The summed E-state index contributed by atoms with van der Waals surface area (Å²) in [4.78, 5) is 2.17. The van der Waals surface area contributed by atoms with Crippen LogP contribution in [0, 0.1) is 0 Å². The monoisotopic (exact) mass is 225 g/mol. The lowest BCUT2D eigenvalue weighted by molar-refractivity contribution is 0.402. The third-order valence-electron chi connectivity index (χ3n) is 1.60. The molecule has 0 aliphatic carbocycles. The third-order valence-corrected chi connectivity index (χ3v) is 2.06. The predicted molar refractivity (Wildman–Crippen MR) is 59.7 cm³/mol. The molecule has 0 bridgehead atoms. The van der Waals surface area contributed by atoms with Crippen molar-refractivity contribution in [1.82, 2.24) is 4.90 Å². The fourth-order valence-electron chi connectivity index (χ4n) is 1.27. The van der Waals surface area contributed by atoms with Crippen molar-refractivity contribution in [3.8, 4) is 0 Å². The highest BCUT2D eigenvalue weighted by atomic mass is 79.9. The van der Waals surface area contributed by atoms with Crippen molar-refractivity contribution >= 4 is 29.2 Å². The van der Waals surface area contributed by atoms with Crippen molar-refractivity contribution in [2.24, 2.45) is 0 Å². The van der Waals surface area contributed by atoms with Gasteiger partial charge in [0.25, 0.3) is 0 Å². The van der Waals surface area contributed by atoms with Crippen molar-refractivity contribution in [3.05, 3.63) is 28.2 Å². The number of rotatable bonds is 2. The molecule has 0 saturated carbocycles. The summed E-state index contributed by atoms with van der Waals surface area (Å²) in [6.07, 6.45) is 0. The maximum absolute atomic E-state index is 3.48. The van der Waals surface area contributed by atoms with Crippen molar-refractivity contribution in [3.63, 3.8) is 0 Å². The molecule has 0 fully saturated rings. The Morgan fingerprint density at radius 2 is 2.00 bits per heavy atom. The zero-order valence-corrected chi connectivity index (χ0v) is 9.35. The van der Waals surface area contributed by atoms with E-state index in [9.17, 15) is 0 Å². The van der Waals surface area contributed by atoms with Crippen molar-refractivity contribution in [2.75, 3.05) is 14.1 Å². The lowest BCUT2D eigenvalue weighted by Crippen LogP contribution is -2.13. The van der Waals surface area contributed by atoms with Gasteiger partial charge < -0.3 is 4.90 Å². The molecule has 0 unspecified atom stereocenters. The Bertz CT molecular complexity index is 253. The molecule has 0 aliphatic rings. The minimum atomic E-state index is 1.00. The minimum Gasteiger partial charge on any atom is -0.305 e. The molecule has 0 aromatic heterocycles. The Kier molecular flexibility index (Phi) is 3.35. The summed E-state index contributed by atoms with van der Waals surface area (Å²) in [5.74, 6) is 0. The summed E-state index contributed by atoms with van der Waals surface area (Å²) in [7, 11) is 6.27. The first kappa shape index (κ1) is 9.81. The standard InChI is InChI=1S/C9H13BBrN/c1-12(2)6-7-3-8(10)5-9(11)4-7/h3-5H,6,10H2,1-2H3. The number of benzene rings is 1. The maximum atomic E-state index is 3.48. The van der Waals surface area contributed by atoms with E-state index in [0.29, 0.717) is 0 Å². The van der Waals surface area contributed by atoms with E-state index in [1.807, 2.05) is 0 Å². The van der Waals surface area contributed by atoms with E-state index in [0.717, 1.165) is 6.54 Å². The summed E-state index contributed by atoms with van der Waals surface area (Å²) in [5, 5.41) is 0. The number of hydrogen-bond donors (Lipinski definition) is 0. The van der Waals surface area contributed by atoms with Crippen LogP contribution in [-0.4, -0.2) is 26.8 Å². The molecule has 0 aliphatic heterocycles. The quantitative estimate of drug-likeness (QED) is 0.673.